The van der Waals surface area contributed by atoms with Crippen LogP contribution < -0.4 is 5.73 Å². The third-order valence-corrected chi connectivity index (χ3v) is 3.94. The minimum atomic E-state index is 0.158. The van der Waals surface area contributed by atoms with Crippen LogP contribution in [0.1, 0.15) is 38.3 Å². The summed E-state index contributed by atoms with van der Waals surface area (Å²) in [6.45, 7) is 4.95. The lowest BCUT2D eigenvalue weighted by atomic mass is 10.0. The van der Waals surface area contributed by atoms with Crippen LogP contribution >= 0.6 is 23.2 Å². The molecule has 1 aromatic carbocycles. The zero-order valence-electron chi connectivity index (χ0n) is 11.3. The van der Waals surface area contributed by atoms with Gasteiger partial charge in [0.2, 0.25) is 0 Å². The van der Waals surface area contributed by atoms with Crippen molar-refractivity contribution in [3.05, 3.63) is 33.8 Å². The van der Waals surface area contributed by atoms with E-state index < -0.39 is 0 Å². The van der Waals surface area contributed by atoms with Gasteiger partial charge in [-0.15, -0.1) is 0 Å². The normalized spacial score (nSPS) is 13.3. The molecule has 0 radical (unpaired) electrons. The van der Waals surface area contributed by atoms with Crippen LogP contribution in [0.3, 0.4) is 0 Å². The topological polar surface area (TPSA) is 29.3 Å². The van der Waals surface area contributed by atoms with Crippen molar-refractivity contribution in [1.82, 2.24) is 4.90 Å². The van der Waals surface area contributed by atoms with Crippen molar-refractivity contribution < 1.29 is 0 Å². The Balaban J connectivity index is 3.01. The molecule has 0 bridgehead atoms. The van der Waals surface area contributed by atoms with Gasteiger partial charge < -0.3 is 5.73 Å². The van der Waals surface area contributed by atoms with Gasteiger partial charge in [-0.3, -0.25) is 4.90 Å². The van der Waals surface area contributed by atoms with E-state index in [1.807, 2.05) is 12.1 Å². The van der Waals surface area contributed by atoms with Gasteiger partial charge in [-0.2, -0.15) is 0 Å². The Kier molecular flexibility index (Phi) is 6.44. The zero-order valence-corrected chi connectivity index (χ0v) is 12.8. The first-order chi connectivity index (χ1) is 8.53. The molecule has 0 amide bonds. The second kappa shape index (κ2) is 7.34. The first-order valence-corrected chi connectivity index (χ1v) is 7.17. The molecule has 0 aliphatic rings. The fraction of sp³-hybridized carbons (Fsp3) is 0.571. The summed E-state index contributed by atoms with van der Waals surface area (Å²) in [4.78, 5) is 2.32. The summed E-state index contributed by atoms with van der Waals surface area (Å²) in [6.07, 6.45) is 2.22. The van der Waals surface area contributed by atoms with Crippen molar-refractivity contribution in [1.29, 1.82) is 0 Å². The van der Waals surface area contributed by atoms with Gasteiger partial charge in [0.25, 0.3) is 0 Å². The number of hydrogen-bond donors (Lipinski definition) is 1. The van der Waals surface area contributed by atoms with Crippen LogP contribution in [0.5, 0.6) is 0 Å². The molecular weight excluding hydrogens is 267 g/mol. The Labute approximate surface area is 120 Å². The summed E-state index contributed by atoms with van der Waals surface area (Å²) in [7, 11) is 2.12. The average Bonchev–Trinajstić information content (AvgIpc) is 2.30. The van der Waals surface area contributed by atoms with Crippen molar-refractivity contribution >= 4 is 23.2 Å². The number of halogens is 2. The molecule has 0 saturated carbocycles. The molecule has 18 heavy (non-hydrogen) atoms. The van der Waals surface area contributed by atoms with E-state index >= 15 is 0 Å². The van der Waals surface area contributed by atoms with Gasteiger partial charge in [0.15, 0.2) is 0 Å². The Morgan fingerprint density at radius 1 is 1.11 bits per heavy atom. The Morgan fingerprint density at radius 3 is 2.00 bits per heavy atom. The number of benzene rings is 1. The lowest BCUT2D eigenvalue weighted by Crippen LogP contribution is -2.38. The van der Waals surface area contributed by atoms with Gasteiger partial charge in [-0.1, -0.05) is 37.0 Å². The van der Waals surface area contributed by atoms with Crippen molar-refractivity contribution in [2.75, 3.05) is 13.6 Å². The van der Waals surface area contributed by atoms with Gasteiger partial charge in [0.1, 0.15) is 0 Å². The largest absolute Gasteiger partial charge is 0.329 e. The molecule has 0 heterocycles. The smallest absolute Gasteiger partial charge is 0.0471 e. The maximum absolute atomic E-state index is 6.06. The molecule has 0 aliphatic carbocycles. The monoisotopic (exact) mass is 288 g/mol. The van der Waals surface area contributed by atoms with Crippen molar-refractivity contribution in [2.24, 2.45) is 5.73 Å². The summed E-state index contributed by atoms with van der Waals surface area (Å²) in [5.74, 6) is 0. The SMILES string of the molecule is CCC(CC)N(C)C(CN)c1cc(Cl)cc(Cl)c1. The molecule has 2 N–H and O–H groups in total. The van der Waals surface area contributed by atoms with Crippen LogP contribution in [0.2, 0.25) is 10.0 Å². The summed E-state index contributed by atoms with van der Waals surface area (Å²) >= 11 is 12.1. The summed E-state index contributed by atoms with van der Waals surface area (Å²) in [5.41, 5.74) is 7.01. The first kappa shape index (κ1) is 15.8. The molecule has 1 aromatic rings. The molecule has 2 nitrogen and oxygen atoms in total. The minimum absolute atomic E-state index is 0.158. The molecule has 0 spiro atoms. The van der Waals surface area contributed by atoms with E-state index in [4.69, 9.17) is 28.9 Å². The Morgan fingerprint density at radius 2 is 1.61 bits per heavy atom. The summed E-state index contributed by atoms with van der Waals surface area (Å²) in [6, 6.07) is 6.33. The first-order valence-electron chi connectivity index (χ1n) is 6.41. The highest BCUT2D eigenvalue weighted by atomic mass is 35.5. The van der Waals surface area contributed by atoms with Crippen LogP contribution in [0.25, 0.3) is 0 Å². The molecular formula is C14H22Cl2N2. The van der Waals surface area contributed by atoms with E-state index in [0.29, 0.717) is 22.6 Å². The van der Waals surface area contributed by atoms with Crippen molar-refractivity contribution in [3.63, 3.8) is 0 Å². The molecule has 0 saturated heterocycles. The summed E-state index contributed by atoms with van der Waals surface area (Å²) in [5, 5.41) is 1.32. The van der Waals surface area contributed by atoms with E-state index in [9.17, 15) is 0 Å². The van der Waals surface area contributed by atoms with Crippen molar-refractivity contribution in [2.45, 2.75) is 38.8 Å². The maximum Gasteiger partial charge on any atom is 0.0471 e. The standard InChI is InChI=1S/C14H22Cl2N2/c1-4-13(5-2)18(3)14(9-17)10-6-11(15)8-12(16)7-10/h6-8,13-14H,4-5,9,17H2,1-3H3. The maximum atomic E-state index is 6.06. The van der Waals surface area contributed by atoms with Crippen LogP contribution in [0.4, 0.5) is 0 Å². The Bertz CT molecular complexity index is 358. The van der Waals surface area contributed by atoms with E-state index in [-0.39, 0.29) is 6.04 Å². The number of nitrogens with zero attached hydrogens (tertiary/aromatic N) is 1. The van der Waals surface area contributed by atoms with E-state index in [1.54, 1.807) is 6.07 Å². The third-order valence-electron chi connectivity index (χ3n) is 3.50. The zero-order chi connectivity index (χ0) is 13.7. The van der Waals surface area contributed by atoms with Crippen molar-refractivity contribution in [3.8, 4) is 0 Å². The molecule has 0 fully saturated rings. The number of hydrogen-bond acceptors (Lipinski definition) is 2. The van der Waals surface area contributed by atoms with Crippen LogP contribution in [-0.4, -0.2) is 24.5 Å². The van der Waals surface area contributed by atoms with Crippen LogP contribution in [-0.2, 0) is 0 Å². The van der Waals surface area contributed by atoms with E-state index in [2.05, 4.69) is 25.8 Å². The molecule has 1 unspecified atom stereocenters. The quantitative estimate of drug-likeness (QED) is 0.853. The Hall–Kier alpha value is -0.280. The number of rotatable bonds is 6. The van der Waals surface area contributed by atoms with Crippen LogP contribution in [0, 0.1) is 0 Å². The van der Waals surface area contributed by atoms with Crippen LogP contribution in [0.15, 0.2) is 18.2 Å². The second-order valence-corrected chi connectivity index (χ2v) is 5.46. The molecule has 1 atom stereocenters. The highest BCUT2D eigenvalue weighted by molar-refractivity contribution is 6.34. The molecule has 0 aromatic heterocycles. The fourth-order valence-corrected chi connectivity index (χ4v) is 2.97. The molecule has 0 aliphatic heterocycles. The predicted molar refractivity (Wildman–Crippen MR) is 80.4 cm³/mol. The summed E-state index contributed by atoms with van der Waals surface area (Å²) < 4.78 is 0. The second-order valence-electron chi connectivity index (χ2n) is 4.59. The molecule has 4 heteroatoms. The minimum Gasteiger partial charge on any atom is -0.329 e. The van der Waals surface area contributed by atoms with Gasteiger partial charge in [-0.05, 0) is 43.7 Å². The highest BCUT2D eigenvalue weighted by Crippen LogP contribution is 2.28. The van der Waals surface area contributed by atoms with Gasteiger partial charge in [-0.25, -0.2) is 0 Å². The average molecular weight is 289 g/mol. The lowest BCUT2D eigenvalue weighted by molar-refractivity contribution is 0.168. The van der Waals surface area contributed by atoms with E-state index in [0.717, 1.165) is 18.4 Å². The molecule has 1 rings (SSSR count). The highest BCUT2D eigenvalue weighted by Gasteiger charge is 2.21. The van der Waals surface area contributed by atoms with Gasteiger partial charge >= 0.3 is 0 Å². The van der Waals surface area contributed by atoms with Gasteiger partial charge in [0, 0.05) is 28.7 Å². The van der Waals surface area contributed by atoms with Gasteiger partial charge in [0.05, 0.1) is 0 Å². The number of likely N-dealkylation sites (N-methyl/N-ethyl adjacent to an activating group) is 1. The number of nitrogens with two attached hydrogens (primary N) is 1. The van der Waals surface area contributed by atoms with E-state index in [1.165, 1.54) is 0 Å². The third kappa shape index (κ3) is 3.86. The molecule has 102 valence electrons. The predicted octanol–water partition coefficient (Wildman–Crippen LogP) is 4.11. The fourth-order valence-electron chi connectivity index (χ4n) is 2.42. The lowest BCUT2D eigenvalue weighted by Gasteiger charge is -2.34.